The molecular weight excluding hydrogens is 226 g/mol. The molecule has 1 amide bonds. The van der Waals surface area contributed by atoms with Gasteiger partial charge in [-0.2, -0.15) is 0 Å². The van der Waals surface area contributed by atoms with Gasteiger partial charge in [-0.25, -0.2) is 0 Å². The summed E-state index contributed by atoms with van der Waals surface area (Å²) in [6.07, 6.45) is 0.696. The molecule has 0 bridgehead atoms. The molecule has 0 saturated carbocycles. The fraction of sp³-hybridized carbons (Fsp3) is 0.455. The molecule has 88 valence electrons. The number of thiophene rings is 1. The van der Waals surface area contributed by atoms with Crippen LogP contribution in [0.15, 0.2) is 17.5 Å². The Bertz CT molecular complexity index is 348. The van der Waals surface area contributed by atoms with Crippen molar-refractivity contribution >= 4 is 23.2 Å². The molecule has 0 fully saturated rings. The summed E-state index contributed by atoms with van der Waals surface area (Å²) in [4.78, 5) is 22.8. The van der Waals surface area contributed by atoms with Crippen LogP contribution >= 0.6 is 11.3 Å². The Morgan fingerprint density at radius 1 is 1.50 bits per heavy atom. The normalized spacial score (nSPS) is 12.1. The second-order valence-electron chi connectivity index (χ2n) is 3.55. The Hall–Kier alpha value is -1.36. The zero-order valence-electron chi connectivity index (χ0n) is 9.10. The van der Waals surface area contributed by atoms with Crippen LogP contribution in [0.2, 0.25) is 0 Å². The molecule has 4 nitrogen and oxygen atoms in total. The maximum atomic E-state index is 11.4. The third-order valence-corrected chi connectivity index (χ3v) is 3.20. The number of hydrogen-bond donors (Lipinski definition) is 2. The number of rotatable bonds is 6. The molecule has 1 heterocycles. The monoisotopic (exact) mass is 241 g/mol. The largest absolute Gasteiger partial charge is 0.481 e. The summed E-state index contributed by atoms with van der Waals surface area (Å²) in [5.74, 6) is -0.957. The van der Waals surface area contributed by atoms with E-state index < -0.39 is 5.97 Å². The highest BCUT2D eigenvalue weighted by Crippen LogP contribution is 2.18. The predicted molar refractivity (Wildman–Crippen MR) is 62.4 cm³/mol. The molecule has 0 aliphatic rings. The fourth-order valence-corrected chi connectivity index (χ4v) is 2.06. The molecule has 0 saturated heterocycles. The van der Waals surface area contributed by atoms with Crippen molar-refractivity contribution in [3.8, 4) is 0 Å². The van der Waals surface area contributed by atoms with Gasteiger partial charge in [-0.1, -0.05) is 6.07 Å². The topological polar surface area (TPSA) is 66.4 Å². The van der Waals surface area contributed by atoms with Crippen LogP contribution in [0, 0.1) is 0 Å². The van der Waals surface area contributed by atoms with Gasteiger partial charge in [0.1, 0.15) is 0 Å². The average molecular weight is 241 g/mol. The first-order chi connectivity index (χ1) is 7.59. The van der Waals surface area contributed by atoms with Crippen molar-refractivity contribution in [2.75, 3.05) is 0 Å². The van der Waals surface area contributed by atoms with E-state index in [1.165, 1.54) is 0 Å². The molecule has 0 aliphatic carbocycles. The Morgan fingerprint density at radius 3 is 2.81 bits per heavy atom. The van der Waals surface area contributed by atoms with Gasteiger partial charge in [0, 0.05) is 17.7 Å². The Morgan fingerprint density at radius 2 is 2.25 bits per heavy atom. The van der Waals surface area contributed by atoms with Crippen LogP contribution in [-0.4, -0.2) is 17.0 Å². The van der Waals surface area contributed by atoms with Crippen molar-refractivity contribution < 1.29 is 14.7 Å². The van der Waals surface area contributed by atoms with E-state index in [1.54, 1.807) is 11.3 Å². The predicted octanol–water partition coefficient (Wildman–Crippen LogP) is 2.18. The molecule has 5 heteroatoms. The lowest BCUT2D eigenvalue weighted by molar-refractivity contribution is -0.137. The fourth-order valence-electron chi connectivity index (χ4n) is 1.32. The van der Waals surface area contributed by atoms with Crippen molar-refractivity contribution in [1.82, 2.24) is 5.32 Å². The van der Waals surface area contributed by atoms with Crippen molar-refractivity contribution in [2.45, 2.75) is 32.2 Å². The summed E-state index contributed by atoms with van der Waals surface area (Å²) in [5.41, 5.74) is 0. The number of carbonyl (C=O) groups excluding carboxylic acids is 1. The number of nitrogens with one attached hydrogen (secondary N) is 1. The van der Waals surface area contributed by atoms with Crippen molar-refractivity contribution in [3.05, 3.63) is 22.4 Å². The first-order valence-electron chi connectivity index (χ1n) is 5.14. The summed E-state index contributed by atoms with van der Waals surface area (Å²) >= 11 is 1.59. The molecule has 2 N–H and O–H groups in total. The summed E-state index contributed by atoms with van der Waals surface area (Å²) in [5, 5.41) is 13.2. The highest BCUT2D eigenvalue weighted by atomic mass is 32.1. The highest BCUT2D eigenvalue weighted by Gasteiger charge is 2.10. The zero-order valence-corrected chi connectivity index (χ0v) is 9.92. The maximum absolute atomic E-state index is 11.4. The van der Waals surface area contributed by atoms with Crippen LogP contribution in [-0.2, 0) is 9.59 Å². The van der Waals surface area contributed by atoms with Gasteiger partial charge in [0.25, 0.3) is 0 Å². The smallest absolute Gasteiger partial charge is 0.303 e. The van der Waals surface area contributed by atoms with Crippen molar-refractivity contribution in [1.29, 1.82) is 0 Å². The van der Waals surface area contributed by atoms with Crippen LogP contribution < -0.4 is 5.32 Å². The first kappa shape index (κ1) is 12.7. The van der Waals surface area contributed by atoms with E-state index in [-0.39, 0.29) is 24.8 Å². The number of carboxylic acid groups (broad SMARTS) is 1. The van der Waals surface area contributed by atoms with Gasteiger partial charge in [-0.15, -0.1) is 11.3 Å². The lowest BCUT2D eigenvalue weighted by Gasteiger charge is -2.11. The van der Waals surface area contributed by atoms with E-state index in [4.69, 9.17) is 5.11 Å². The number of carboxylic acids is 1. The van der Waals surface area contributed by atoms with Gasteiger partial charge in [0.2, 0.25) is 5.91 Å². The van der Waals surface area contributed by atoms with Crippen LogP contribution in [0.1, 0.15) is 37.1 Å². The van der Waals surface area contributed by atoms with E-state index in [2.05, 4.69) is 5.32 Å². The Balaban J connectivity index is 2.26. The number of hydrogen-bond acceptors (Lipinski definition) is 3. The van der Waals surface area contributed by atoms with Gasteiger partial charge >= 0.3 is 5.97 Å². The number of aliphatic carboxylic acids is 1. The average Bonchev–Trinajstić information content (AvgIpc) is 2.69. The van der Waals surface area contributed by atoms with Gasteiger partial charge < -0.3 is 10.4 Å². The maximum Gasteiger partial charge on any atom is 0.303 e. The van der Waals surface area contributed by atoms with Crippen molar-refractivity contribution in [3.63, 3.8) is 0 Å². The molecule has 1 atom stereocenters. The second-order valence-corrected chi connectivity index (χ2v) is 4.53. The third kappa shape index (κ3) is 4.44. The Kier molecular flexibility index (Phi) is 4.98. The molecule has 16 heavy (non-hydrogen) atoms. The van der Waals surface area contributed by atoms with Gasteiger partial charge in [0.15, 0.2) is 0 Å². The van der Waals surface area contributed by atoms with Gasteiger partial charge in [-0.3, -0.25) is 9.59 Å². The summed E-state index contributed by atoms with van der Waals surface area (Å²) in [6, 6.07) is 3.90. The zero-order chi connectivity index (χ0) is 12.0. The van der Waals surface area contributed by atoms with Gasteiger partial charge in [0.05, 0.1) is 6.04 Å². The van der Waals surface area contributed by atoms with Crippen molar-refractivity contribution in [2.24, 2.45) is 0 Å². The molecule has 0 spiro atoms. The van der Waals surface area contributed by atoms with Crippen LogP contribution in [0.4, 0.5) is 0 Å². The standard InChI is InChI=1S/C11H15NO3S/c1-8(9-4-3-7-16-9)12-10(13)5-2-6-11(14)15/h3-4,7-8H,2,5-6H2,1H3,(H,12,13)(H,14,15)/t8-/m1/s1. The van der Waals surface area contributed by atoms with Crippen LogP contribution in [0.5, 0.6) is 0 Å². The molecule has 1 rings (SSSR count). The minimum Gasteiger partial charge on any atom is -0.481 e. The first-order valence-corrected chi connectivity index (χ1v) is 6.02. The van der Waals surface area contributed by atoms with E-state index in [0.717, 1.165) is 4.88 Å². The van der Waals surface area contributed by atoms with Crippen LogP contribution in [0.25, 0.3) is 0 Å². The summed E-state index contributed by atoms with van der Waals surface area (Å²) in [6.45, 7) is 1.92. The van der Waals surface area contributed by atoms with E-state index in [0.29, 0.717) is 6.42 Å². The summed E-state index contributed by atoms with van der Waals surface area (Å²) < 4.78 is 0. The third-order valence-electron chi connectivity index (χ3n) is 2.14. The minimum absolute atomic E-state index is 0.00247. The highest BCUT2D eigenvalue weighted by molar-refractivity contribution is 7.10. The number of carbonyl (C=O) groups is 2. The van der Waals surface area contributed by atoms with E-state index in [9.17, 15) is 9.59 Å². The lowest BCUT2D eigenvalue weighted by Crippen LogP contribution is -2.25. The second kappa shape index (κ2) is 6.27. The van der Waals surface area contributed by atoms with E-state index >= 15 is 0 Å². The van der Waals surface area contributed by atoms with Gasteiger partial charge in [-0.05, 0) is 24.8 Å². The molecule has 0 aromatic carbocycles. The molecule has 0 aliphatic heterocycles. The molecule has 1 aromatic rings. The molecular formula is C11H15NO3S. The molecule has 0 radical (unpaired) electrons. The lowest BCUT2D eigenvalue weighted by atomic mass is 10.2. The van der Waals surface area contributed by atoms with E-state index in [1.807, 2.05) is 24.4 Å². The van der Waals surface area contributed by atoms with Crippen LogP contribution in [0.3, 0.4) is 0 Å². The minimum atomic E-state index is -0.862. The quantitative estimate of drug-likeness (QED) is 0.802. The molecule has 0 unspecified atom stereocenters. The Labute approximate surface area is 98.3 Å². The molecule has 1 aromatic heterocycles. The summed E-state index contributed by atoms with van der Waals surface area (Å²) in [7, 11) is 0. The number of amides is 1. The SMILES string of the molecule is C[C@@H](NC(=O)CCCC(=O)O)c1cccs1.